The minimum Gasteiger partial charge on any atom is -0.385 e. The standard InChI is InChI=1S/C14H23NO3/c1-9-5-11(9)14(16)15-6-12-10(3-4-17-2)8-18-13(12)7-15/h9-13H,3-8H2,1-2H3/t9?,10-,11?,12-,13-/m0/s1. The number of ether oxygens (including phenoxy) is 2. The Morgan fingerprint density at radius 2 is 2.22 bits per heavy atom. The quantitative estimate of drug-likeness (QED) is 0.754. The smallest absolute Gasteiger partial charge is 0.226 e. The predicted octanol–water partition coefficient (Wildman–Crippen LogP) is 1.15. The number of methoxy groups -OCH3 is 1. The topological polar surface area (TPSA) is 38.8 Å². The molecule has 0 radical (unpaired) electrons. The molecule has 5 atom stereocenters. The number of rotatable bonds is 4. The third kappa shape index (κ3) is 2.16. The van der Waals surface area contributed by atoms with E-state index in [9.17, 15) is 4.79 Å². The van der Waals surface area contributed by atoms with Crippen molar-refractivity contribution < 1.29 is 14.3 Å². The van der Waals surface area contributed by atoms with Crippen molar-refractivity contribution in [1.82, 2.24) is 4.90 Å². The molecule has 4 heteroatoms. The molecule has 2 unspecified atom stereocenters. The zero-order valence-corrected chi connectivity index (χ0v) is 11.3. The maximum absolute atomic E-state index is 12.2. The molecule has 102 valence electrons. The van der Waals surface area contributed by atoms with Crippen LogP contribution in [0.1, 0.15) is 19.8 Å². The van der Waals surface area contributed by atoms with Crippen LogP contribution in [0.4, 0.5) is 0 Å². The minimum atomic E-state index is 0.282. The molecule has 3 fully saturated rings. The molecule has 0 aromatic heterocycles. The number of carbonyl (C=O) groups excluding carboxylic acids is 1. The lowest BCUT2D eigenvalue weighted by Crippen LogP contribution is -2.32. The van der Waals surface area contributed by atoms with Crippen LogP contribution in [-0.4, -0.2) is 50.3 Å². The fourth-order valence-corrected chi connectivity index (χ4v) is 3.45. The minimum absolute atomic E-state index is 0.282. The molecule has 1 amide bonds. The van der Waals surface area contributed by atoms with Gasteiger partial charge in [-0.1, -0.05) is 6.92 Å². The number of amides is 1. The highest BCUT2D eigenvalue weighted by atomic mass is 16.5. The van der Waals surface area contributed by atoms with E-state index in [1.54, 1.807) is 7.11 Å². The third-order valence-electron chi connectivity index (χ3n) is 4.87. The molecule has 0 spiro atoms. The first-order valence-electron chi connectivity index (χ1n) is 7.10. The second-order valence-corrected chi connectivity index (χ2v) is 6.14. The Bertz CT molecular complexity index is 333. The van der Waals surface area contributed by atoms with Crippen molar-refractivity contribution in [2.75, 3.05) is 33.4 Å². The van der Waals surface area contributed by atoms with Crippen LogP contribution in [0, 0.1) is 23.7 Å². The molecule has 3 rings (SSSR count). The van der Waals surface area contributed by atoms with E-state index in [4.69, 9.17) is 9.47 Å². The predicted molar refractivity (Wildman–Crippen MR) is 67.1 cm³/mol. The summed E-state index contributed by atoms with van der Waals surface area (Å²) in [6.45, 7) is 5.53. The number of nitrogens with zero attached hydrogens (tertiary/aromatic N) is 1. The van der Waals surface area contributed by atoms with E-state index < -0.39 is 0 Å². The molecule has 4 nitrogen and oxygen atoms in total. The van der Waals surface area contributed by atoms with Gasteiger partial charge in [0.25, 0.3) is 0 Å². The van der Waals surface area contributed by atoms with Crippen LogP contribution in [0.5, 0.6) is 0 Å². The summed E-state index contributed by atoms with van der Waals surface area (Å²) in [6.07, 6.45) is 2.42. The Balaban J connectivity index is 1.56. The zero-order chi connectivity index (χ0) is 12.7. The summed E-state index contributed by atoms with van der Waals surface area (Å²) in [7, 11) is 1.74. The van der Waals surface area contributed by atoms with Gasteiger partial charge in [-0.25, -0.2) is 0 Å². The van der Waals surface area contributed by atoms with Crippen LogP contribution < -0.4 is 0 Å². The van der Waals surface area contributed by atoms with E-state index in [0.29, 0.717) is 29.6 Å². The molecule has 0 aromatic carbocycles. The van der Waals surface area contributed by atoms with Gasteiger partial charge in [0.2, 0.25) is 5.91 Å². The number of hydrogen-bond donors (Lipinski definition) is 0. The van der Waals surface area contributed by atoms with Crippen molar-refractivity contribution in [2.24, 2.45) is 23.7 Å². The second-order valence-electron chi connectivity index (χ2n) is 6.14. The van der Waals surface area contributed by atoms with Gasteiger partial charge in [0.15, 0.2) is 0 Å². The van der Waals surface area contributed by atoms with Gasteiger partial charge in [-0.15, -0.1) is 0 Å². The van der Waals surface area contributed by atoms with E-state index in [1.807, 2.05) is 4.90 Å². The van der Waals surface area contributed by atoms with Crippen LogP contribution in [0.25, 0.3) is 0 Å². The van der Waals surface area contributed by atoms with Gasteiger partial charge in [0.05, 0.1) is 12.7 Å². The molecule has 0 N–H and O–H groups in total. The first-order chi connectivity index (χ1) is 8.70. The van der Waals surface area contributed by atoms with Crippen molar-refractivity contribution in [3.8, 4) is 0 Å². The number of fused-ring (bicyclic) bond motifs is 1. The number of likely N-dealkylation sites (tertiary alicyclic amines) is 1. The molecule has 1 aliphatic carbocycles. The monoisotopic (exact) mass is 253 g/mol. The molecule has 0 bridgehead atoms. The molecule has 1 saturated carbocycles. The summed E-state index contributed by atoms with van der Waals surface area (Å²) in [5.41, 5.74) is 0. The molecule has 2 aliphatic heterocycles. The fraction of sp³-hybridized carbons (Fsp3) is 0.929. The first kappa shape index (κ1) is 12.4. The SMILES string of the molecule is COCC[C@H]1CO[C@H]2CN(C(=O)C3CC3C)C[C@@H]12. The van der Waals surface area contributed by atoms with Crippen LogP contribution >= 0.6 is 0 Å². The average molecular weight is 253 g/mol. The Kier molecular flexibility index (Phi) is 3.32. The van der Waals surface area contributed by atoms with Crippen molar-refractivity contribution >= 4 is 5.91 Å². The molecule has 18 heavy (non-hydrogen) atoms. The summed E-state index contributed by atoms with van der Waals surface area (Å²) < 4.78 is 11.0. The largest absolute Gasteiger partial charge is 0.385 e. The van der Waals surface area contributed by atoms with Crippen molar-refractivity contribution in [3.05, 3.63) is 0 Å². The van der Waals surface area contributed by atoms with E-state index in [0.717, 1.165) is 39.1 Å². The van der Waals surface area contributed by atoms with Crippen LogP contribution in [0.3, 0.4) is 0 Å². The molecular formula is C14H23NO3. The second kappa shape index (κ2) is 4.82. The zero-order valence-electron chi connectivity index (χ0n) is 11.3. The lowest BCUT2D eigenvalue weighted by Gasteiger charge is -2.19. The van der Waals surface area contributed by atoms with E-state index in [1.165, 1.54) is 0 Å². The van der Waals surface area contributed by atoms with Crippen molar-refractivity contribution in [2.45, 2.75) is 25.9 Å². The highest BCUT2D eigenvalue weighted by Crippen LogP contribution is 2.42. The summed E-state index contributed by atoms with van der Waals surface area (Å²) >= 11 is 0. The highest BCUT2D eigenvalue weighted by Gasteiger charge is 2.49. The Morgan fingerprint density at radius 1 is 1.44 bits per heavy atom. The molecule has 3 aliphatic rings. The van der Waals surface area contributed by atoms with E-state index in [-0.39, 0.29) is 6.10 Å². The van der Waals surface area contributed by atoms with Crippen LogP contribution in [0.15, 0.2) is 0 Å². The van der Waals surface area contributed by atoms with E-state index in [2.05, 4.69) is 6.92 Å². The molecule has 2 saturated heterocycles. The van der Waals surface area contributed by atoms with Gasteiger partial charge in [-0.3, -0.25) is 4.79 Å². The molecular weight excluding hydrogens is 230 g/mol. The lowest BCUT2D eigenvalue weighted by atomic mass is 9.91. The average Bonchev–Trinajstić information content (AvgIpc) is 2.79. The van der Waals surface area contributed by atoms with Crippen LogP contribution in [-0.2, 0) is 14.3 Å². The van der Waals surface area contributed by atoms with Gasteiger partial charge in [0, 0.05) is 38.6 Å². The summed E-state index contributed by atoms with van der Waals surface area (Å²) in [5, 5.41) is 0. The summed E-state index contributed by atoms with van der Waals surface area (Å²) in [6, 6.07) is 0. The van der Waals surface area contributed by atoms with Gasteiger partial charge in [0.1, 0.15) is 0 Å². The summed E-state index contributed by atoms with van der Waals surface area (Å²) in [5.74, 6) is 2.39. The normalized spacial score (nSPS) is 42.1. The van der Waals surface area contributed by atoms with E-state index >= 15 is 0 Å². The van der Waals surface area contributed by atoms with Gasteiger partial charge < -0.3 is 14.4 Å². The summed E-state index contributed by atoms with van der Waals surface area (Å²) in [4.78, 5) is 14.3. The lowest BCUT2D eigenvalue weighted by molar-refractivity contribution is -0.132. The first-order valence-corrected chi connectivity index (χ1v) is 7.10. The van der Waals surface area contributed by atoms with Crippen molar-refractivity contribution in [3.63, 3.8) is 0 Å². The van der Waals surface area contributed by atoms with Gasteiger partial charge in [-0.2, -0.15) is 0 Å². The van der Waals surface area contributed by atoms with Crippen molar-refractivity contribution in [1.29, 1.82) is 0 Å². The Labute approximate surface area is 109 Å². The van der Waals surface area contributed by atoms with Crippen LogP contribution in [0.2, 0.25) is 0 Å². The Hall–Kier alpha value is -0.610. The van der Waals surface area contributed by atoms with Gasteiger partial charge in [-0.05, 0) is 24.7 Å². The number of carbonyl (C=O) groups is 1. The molecule has 2 heterocycles. The number of hydrogen-bond acceptors (Lipinski definition) is 3. The maximum atomic E-state index is 12.2. The third-order valence-corrected chi connectivity index (χ3v) is 4.87. The Morgan fingerprint density at radius 3 is 2.89 bits per heavy atom. The maximum Gasteiger partial charge on any atom is 0.226 e. The highest BCUT2D eigenvalue weighted by molar-refractivity contribution is 5.82. The van der Waals surface area contributed by atoms with Gasteiger partial charge >= 0.3 is 0 Å². The molecule has 0 aromatic rings. The fourth-order valence-electron chi connectivity index (χ4n) is 3.45.